The lowest BCUT2D eigenvalue weighted by atomic mass is 10.1. The van der Waals surface area contributed by atoms with Gasteiger partial charge in [0.25, 0.3) is 5.91 Å². The van der Waals surface area contributed by atoms with E-state index in [1.807, 2.05) is 13.0 Å². The molecule has 0 saturated carbocycles. The maximum Gasteiger partial charge on any atom is 0.326 e. The Balaban J connectivity index is 2.79. The number of amides is 1. The number of carboxylic acid groups (broad SMARTS) is 1. The lowest BCUT2D eigenvalue weighted by Gasteiger charge is -2.15. The van der Waals surface area contributed by atoms with E-state index in [0.717, 1.165) is 5.56 Å². The minimum absolute atomic E-state index is 0.0306. The molecule has 0 aliphatic heterocycles. The summed E-state index contributed by atoms with van der Waals surface area (Å²) in [5, 5.41) is 11.5. The van der Waals surface area contributed by atoms with Crippen molar-refractivity contribution < 1.29 is 24.2 Å². The first-order valence-electron chi connectivity index (χ1n) is 6.21. The number of rotatable bonds is 6. The maximum absolute atomic E-state index is 12.1. The number of hydrogen-bond donors (Lipinski definition) is 2. The molecule has 6 nitrogen and oxygen atoms in total. The van der Waals surface area contributed by atoms with Crippen LogP contribution in [-0.4, -0.2) is 36.1 Å². The van der Waals surface area contributed by atoms with Gasteiger partial charge < -0.3 is 15.2 Å². The van der Waals surface area contributed by atoms with Gasteiger partial charge >= 0.3 is 11.9 Å². The first kappa shape index (κ1) is 17.2. The topological polar surface area (TPSA) is 92.7 Å². The van der Waals surface area contributed by atoms with Crippen LogP contribution in [0.3, 0.4) is 0 Å². The van der Waals surface area contributed by atoms with Crippen LogP contribution < -0.4 is 5.32 Å². The van der Waals surface area contributed by atoms with E-state index in [4.69, 9.17) is 5.11 Å². The molecule has 0 radical (unpaired) electrons. The van der Waals surface area contributed by atoms with Gasteiger partial charge in [0, 0.05) is 10.9 Å². The van der Waals surface area contributed by atoms with Gasteiger partial charge in [0.05, 0.1) is 12.7 Å². The van der Waals surface area contributed by atoms with Crippen molar-refractivity contribution in [2.24, 2.45) is 0 Å². The van der Waals surface area contributed by atoms with E-state index in [9.17, 15) is 14.4 Å². The first-order valence-corrected chi connectivity index (χ1v) is 7.01. The Morgan fingerprint density at radius 3 is 2.62 bits per heavy atom. The van der Waals surface area contributed by atoms with E-state index in [1.165, 1.54) is 7.11 Å². The number of hydrogen-bond acceptors (Lipinski definition) is 4. The molecule has 0 unspecified atom stereocenters. The molecular formula is C14H16BrNO5. The van der Waals surface area contributed by atoms with Crippen LogP contribution in [0, 0.1) is 6.92 Å². The third-order valence-corrected chi connectivity index (χ3v) is 3.53. The second kappa shape index (κ2) is 7.78. The van der Waals surface area contributed by atoms with Crippen molar-refractivity contribution in [2.45, 2.75) is 25.8 Å². The first-order chi connectivity index (χ1) is 9.85. The van der Waals surface area contributed by atoms with Crippen LogP contribution in [0.5, 0.6) is 0 Å². The predicted octanol–water partition coefficient (Wildman–Crippen LogP) is 1.89. The monoisotopic (exact) mass is 357 g/mol. The van der Waals surface area contributed by atoms with Crippen molar-refractivity contribution in [3.8, 4) is 0 Å². The summed E-state index contributed by atoms with van der Waals surface area (Å²) >= 11 is 3.25. The number of methoxy groups -OCH3 is 1. The molecule has 0 aromatic heterocycles. The molecule has 0 heterocycles. The molecule has 0 fully saturated rings. The van der Waals surface area contributed by atoms with Crippen molar-refractivity contribution in [1.82, 2.24) is 5.32 Å². The Morgan fingerprint density at radius 2 is 2.05 bits per heavy atom. The summed E-state index contributed by atoms with van der Waals surface area (Å²) in [6.07, 6.45) is -0.111. The molecule has 0 spiro atoms. The van der Waals surface area contributed by atoms with E-state index >= 15 is 0 Å². The van der Waals surface area contributed by atoms with Crippen LogP contribution in [0.25, 0.3) is 0 Å². The summed E-state index contributed by atoms with van der Waals surface area (Å²) in [4.78, 5) is 34.3. The fraction of sp³-hybridized carbons (Fsp3) is 0.357. The average molecular weight is 358 g/mol. The number of carbonyl (C=O) groups excluding carboxylic acids is 2. The van der Waals surface area contributed by atoms with E-state index in [1.54, 1.807) is 12.1 Å². The molecule has 1 rings (SSSR count). The Labute approximate surface area is 130 Å². The number of nitrogens with one attached hydrogen (secondary N) is 1. The van der Waals surface area contributed by atoms with Gasteiger partial charge in [-0.05, 0) is 41.4 Å². The van der Waals surface area contributed by atoms with Crippen LogP contribution in [0.15, 0.2) is 22.7 Å². The summed E-state index contributed by atoms with van der Waals surface area (Å²) in [5.41, 5.74) is 1.23. The van der Waals surface area contributed by atoms with Gasteiger partial charge in [-0.25, -0.2) is 4.79 Å². The number of aliphatic carboxylic acids is 1. The molecular weight excluding hydrogens is 342 g/mol. The molecule has 1 aromatic carbocycles. The minimum atomic E-state index is -1.20. The number of benzene rings is 1. The smallest absolute Gasteiger partial charge is 0.326 e. The molecule has 7 heteroatoms. The number of aryl methyl sites for hydroxylation is 1. The highest BCUT2D eigenvalue weighted by Crippen LogP contribution is 2.18. The van der Waals surface area contributed by atoms with Crippen LogP contribution in [-0.2, 0) is 14.3 Å². The van der Waals surface area contributed by atoms with Gasteiger partial charge in [-0.3, -0.25) is 9.59 Å². The number of carboxylic acids is 1. The second-order valence-electron chi connectivity index (χ2n) is 4.46. The van der Waals surface area contributed by atoms with Crippen LogP contribution >= 0.6 is 15.9 Å². The second-order valence-corrected chi connectivity index (χ2v) is 5.32. The van der Waals surface area contributed by atoms with Crippen LogP contribution in [0.1, 0.15) is 28.8 Å². The third kappa shape index (κ3) is 5.18. The Kier molecular flexibility index (Phi) is 6.36. The van der Waals surface area contributed by atoms with Crippen molar-refractivity contribution in [3.05, 3.63) is 33.8 Å². The summed E-state index contributed by atoms with van der Waals surface area (Å²) in [5.74, 6) is -2.23. The zero-order valence-electron chi connectivity index (χ0n) is 11.7. The third-order valence-electron chi connectivity index (χ3n) is 2.83. The van der Waals surface area contributed by atoms with Gasteiger partial charge in [0.2, 0.25) is 0 Å². The highest BCUT2D eigenvalue weighted by molar-refractivity contribution is 9.10. The van der Waals surface area contributed by atoms with Crippen LogP contribution in [0.2, 0.25) is 0 Å². The van der Waals surface area contributed by atoms with Crippen molar-refractivity contribution in [3.63, 3.8) is 0 Å². The summed E-state index contributed by atoms with van der Waals surface area (Å²) < 4.78 is 5.02. The zero-order chi connectivity index (χ0) is 16.0. The van der Waals surface area contributed by atoms with E-state index in [-0.39, 0.29) is 12.8 Å². The summed E-state index contributed by atoms with van der Waals surface area (Å²) in [7, 11) is 1.22. The van der Waals surface area contributed by atoms with Crippen molar-refractivity contribution in [2.75, 3.05) is 7.11 Å². The number of esters is 1. The lowest BCUT2D eigenvalue weighted by Crippen LogP contribution is -2.41. The van der Waals surface area contributed by atoms with E-state index in [2.05, 4.69) is 26.0 Å². The standard InChI is InChI=1S/C14H16BrNO5/c1-8-3-4-10(15)9(7-8)13(18)16-11(14(19)20)5-6-12(17)21-2/h3-4,7,11H,5-6H2,1-2H3,(H,16,18)(H,19,20)/t11-/m1/s1. The Bertz CT molecular complexity index is 558. The molecule has 114 valence electrons. The van der Waals surface area contributed by atoms with Gasteiger partial charge in [-0.2, -0.15) is 0 Å². The largest absolute Gasteiger partial charge is 0.480 e. The van der Waals surface area contributed by atoms with Crippen molar-refractivity contribution >= 4 is 33.8 Å². The zero-order valence-corrected chi connectivity index (χ0v) is 13.3. The van der Waals surface area contributed by atoms with Gasteiger partial charge in [-0.1, -0.05) is 11.6 Å². The number of ether oxygens (including phenoxy) is 1. The maximum atomic E-state index is 12.1. The quantitative estimate of drug-likeness (QED) is 0.758. The Morgan fingerprint density at radius 1 is 1.38 bits per heavy atom. The molecule has 2 N–H and O–H groups in total. The number of halogens is 1. The SMILES string of the molecule is COC(=O)CC[C@@H](NC(=O)c1cc(C)ccc1Br)C(=O)O. The van der Waals surface area contributed by atoms with E-state index in [0.29, 0.717) is 10.0 Å². The fourth-order valence-corrected chi connectivity index (χ4v) is 2.10. The molecule has 0 saturated heterocycles. The number of carbonyl (C=O) groups is 3. The highest BCUT2D eigenvalue weighted by atomic mass is 79.9. The molecule has 1 aromatic rings. The highest BCUT2D eigenvalue weighted by Gasteiger charge is 2.22. The minimum Gasteiger partial charge on any atom is -0.480 e. The summed E-state index contributed by atoms with van der Waals surface area (Å²) in [6, 6.07) is 4.05. The normalized spacial score (nSPS) is 11.6. The molecule has 1 amide bonds. The van der Waals surface area contributed by atoms with E-state index < -0.39 is 23.9 Å². The fourth-order valence-electron chi connectivity index (χ4n) is 1.67. The molecule has 0 aliphatic rings. The van der Waals surface area contributed by atoms with Gasteiger partial charge in [0.1, 0.15) is 6.04 Å². The summed E-state index contributed by atoms with van der Waals surface area (Å²) in [6.45, 7) is 1.83. The Hall–Kier alpha value is -1.89. The van der Waals surface area contributed by atoms with Crippen molar-refractivity contribution in [1.29, 1.82) is 0 Å². The van der Waals surface area contributed by atoms with Gasteiger partial charge in [0.15, 0.2) is 0 Å². The molecule has 1 atom stereocenters. The lowest BCUT2D eigenvalue weighted by molar-refractivity contribution is -0.142. The predicted molar refractivity (Wildman–Crippen MR) is 79.0 cm³/mol. The average Bonchev–Trinajstić information content (AvgIpc) is 2.44. The molecule has 0 aliphatic carbocycles. The van der Waals surface area contributed by atoms with Crippen LogP contribution in [0.4, 0.5) is 0 Å². The molecule has 0 bridgehead atoms. The molecule has 21 heavy (non-hydrogen) atoms. The van der Waals surface area contributed by atoms with Gasteiger partial charge in [-0.15, -0.1) is 0 Å².